The number of halogens is 3. The number of esters is 1. The van der Waals surface area contributed by atoms with Gasteiger partial charge in [0.15, 0.2) is 0 Å². The van der Waals surface area contributed by atoms with E-state index in [1.807, 2.05) is 0 Å². The Kier molecular flexibility index (Phi) is 12.5. The molecule has 12 heteroatoms. The van der Waals surface area contributed by atoms with E-state index in [1.165, 1.54) is 6.92 Å². The molecule has 0 radical (unpaired) electrons. The molecule has 4 atom stereocenters. The molecule has 0 spiro atoms. The maximum Gasteiger partial charge on any atom is 0.420 e. The molecule has 1 saturated heterocycles. The fourth-order valence-corrected chi connectivity index (χ4v) is 3.63. The maximum absolute atomic E-state index is 13.3. The van der Waals surface area contributed by atoms with Crippen molar-refractivity contribution in [1.82, 2.24) is 4.90 Å². The molecule has 0 N–H and O–H groups in total. The van der Waals surface area contributed by atoms with Crippen LogP contribution >= 0.6 is 0 Å². The van der Waals surface area contributed by atoms with Crippen LogP contribution in [-0.4, -0.2) is 78.0 Å². The second-order valence-corrected chi connectivity index (χ2v) is 11.5. The molecule has 0 saturated carbocycles. The molecule has 0 aromatic heterocycles. The molecule has 4 unspecified atom stereocenters. The Morgan fingerprint density at radius 2 is 1.56 bits per heavy atom. The summed E-state index contributed by atoms with van der Waals surface area (Å²) in [6.07, 6.45) is -7.87. The lowest BCUT2D eigenvalue weighted by atomic mass is 10.0. The van der Waals surface area contributed by atoms with Gasteiger partial charge in [0.25, 0.3) is 0 Å². The lowest BCUT2D eigenvalue weighted by molar-refractivity contribution is -0.168. The third-order valence-corrected chi connectivity index (χ3v) is 5.10. The molecular weight excluding hydrogens is 523 g/mol. The Hall–Kier alpha value is -2.60. The van der Waals surface area contributed by atoms with E-state index in [0.717, 1.165) is 6.08 Å². The normalized spacial score (nSPS) is 23.3. The van der Waals surface area contributed by atoms with E-state index in [-0.39, 0.29) is 31.9 Å². The number of nitrogens with zero attached hydrogens (tertiary/aromatic N) is 1. The molecule has 1 aliphatic heterocycles. The molecule has 2 amide bonds. The van der Waals surface area contributed by atoms with Crippen molar-refractivity contribution < 1.29 is 51.2 Å². The number of hydrogen-bond donors (Lipinski definition) is 0. The molecule has 1 heterocycles. The first-order valence-electron chi connectivity index (χ1n) is 12.8. The second kappa shape index (κ2) is 14.2. The molecule has 1 aliphatic rings. The third kappa shape index (κ3) is 13.3. The molecular formula is C27H42F3NO8. The predicted octanol–water partition coefficient (Wildman–Crippen LogP) is 6.11. The monoisotopic (exact) mass is 565 g/mol. The van der Waals surface area contributed by atoms with Crippen LogP contribution in [0.5, 0.6) is 0 Å². The summed E-state index contributed by atoms with van der Waals surface area (Å²) in [5.41, 5.74) is -1.25. The van der Waals surface area contributed by atoms with Crippen LogP contribution in [0.15, 0.2) is 24.3 Å². The predicted molar refractivity (Wildman–Crippen MR) is 137 cm³/mol. The molecule has 1 fully saturated rings. The number of ether oxygens (including phenoxy) is 5. The van der Waals surface area contributed by atoms with Gasteiger partial charge in [-0.2, -0.15) is 18.1 Å². The van der Waals surface area contributed by atoms with Crippen molar-refractivity contribution in [3.8, 4) is 0 Å². The highest BCUT2D eigenvalue weighted by atomic mass is 19.4. The van der Waals surface area contributed by atoms with Crippen LogP contribution in [-0.2, 0) is 28.5 Å². The zero-order valence-electron chi connectivity index (χ0n) is 24.1. The summed E-state index contributed by atoms with van der Waals surface area (Å²) in [5, 5.41) is 0. The number of imide groups is 1. The van der Waals surface area contributed by atoms with Crippen LogP contribution < -0.4 is 0 Å². The van der Waals surface area contributed by atoms with Crippen LogP contribution in [0.4, 0.5) is 22.8 Å². The van der Waals surface area contributed by atoms with Crippen LogP contribution in [0.25, 0.3) is 0 Å². The first-order chi connectivity index (χ1) is 17.7. The average molecular weight is 566 g/mol. The van der Waals surface area contributed by atoms with E-state index in [1.54, 1.807) is 48.5 Å². The number of carbonyl (C=O) groups is 3. The third-order valence-electron chi connectivity index (χ3n) is 5.10. The van der Waals surface area contributed by atoms with E-state index in [2.05, 4.69) is 6.58 Å². The van der Waals surface area contributed by atoms with Gasteiger partial charge in [-0.15, -0.1) is 0 Å². The number of carbonyl (C=O) groups excluding carboxylic acids is 3. The van der Waals surface area contributed by atoms with Crippen LogP contribution in [0.3, 0.4) is 0 Å². The summed E-state index contributed by atoms with van der Waals surface area (Å²) in [6.45, 7) is 16.4. The van der Waals surface area contributed by atoms with Gasteiger partial charge in [0, 0.05) is 6.08 Å². The van der Waals surface area contributed by atoms with E-state index in [4.69, 9.17) is 23.7 Å². The summed E-state index contributed by atoms with van der Waals surface area (Å²) in [4.78, 5) is 40.1. The minimum Gasteiger partial charge on any atom is -0.458 e. The van der Waals surface area contributed by atoms with Crippen molar-refractivity contribution >= 4 is 18.2 Å². The number of allylic oxidation sites excluding steroid dienone is 1. The first kappa shape index (κ1) is 34.4. The Bertz CT molecular complexity index is 861. The minimum absolute atomic E-state index is 0.00231. The molecule has 0 aromatic carbocycles. The molecule has 0 aromatic rings. The van der Waals surface area contributed by atoms with Gasteiger partial charge in [-0.25, -0.2) is 14.4 Å². The number of cyclic esters (lactones) is 1. The Morgan fingerprint density at radius 1 is 1.03 bits per heavy atom. The molecule has 0 aliphatic carbocycles. The van der Waals surface area contributed by atoms with Gasteiger partial charge in [-0.3, -0.25) is 0 Å². The highest BCUT2D eigenvalue weighted by Gasteiger charge is 2.43. The van der Waals surface area contributed by atoms with Gasteiger partial charge < -0.3 is 23.7 Å². The van der Waals surface area contributed by atoms with Gasteiger partial charge in [-0.05, 0) is 74.7 Å². The van der Waals surface area contributed by atoms with Gasteiger partial charge in [0.05, 0.1) is 19.3 Å². The van der Waals surface area contributed by atoms with Crippen LogP contribution in [0, 0.1) is 0 Å². The SMILES string of the molecule is C=C(C)COC1CCCC(N(C(=O)OC(C)(C)C)C(=O)OC(C)(C)C)C(=O)OC(C)C1OCC=CC(F)(F)F. The Balaban J connectivity index is 3.32. The number of rotatable bonds is 7. The molecule has 39 heavy (non-hydrogen) atoms. The number of amides is 2. The lowest BCUT2D eigenvalue weighted by Gasteiger charge is -2.33. The van der Waals surface area contributed by atoms with E-state index in [0.29, 0.717) is 10.5 Å². The minimum atomic E-state index is -4.50. The molecule has 1 rings (SSSR count). The fraction of sp³-hybridized carbons (Fsp3) is 0.741. The highest BCUT2D eigenvalue weighted by Crippen LogP contribution is 2.26. The van der Waals surface area contributed by atoms with E-state index in [9.17, 15) is 27.6 Å². The molecule has 0 bridgehead atoms. The molecule has 224 valence electrons. The summed E-state index contributed by atoms with van der Waals surface area (Å²) >= 11 is 0. The zero-order chi connectivity index (χ0) is 30.2. The van der Waals surface area contributed by atoms with Crippen molar-refractivity contribution in [2.75, 3.05) is 13.2 Å². The average Bonchev–Trinajstić information content (AvgIpc) is 2.76. The van der Waals surface area contributed by atoms with Crippen molar-refractivity contribution in [3.63, 3.8) is 0 Å². The largest absolute Gasteiger partial charge is 0.458 e. The van der Waals surface area contributed by atoms with Gasteiger partial charge >= 0.3 is 24.3 Å². The van der Waals surface area contributed by atoms with Crippen molar-refractivity contribution in [2.24, 2.45) is 0 Å². The van der Waals surface area contributed by atoms with Crippen LogP contribution in [0.2, 0.25) is 0 Å². The quantitative estimate of drug-likeness (QED) is 0.207. The Labute approximate surface area is 228 Å². The van der Waals surface area contributed by atoms with Crippen molar-refractivity contribution in [2.45, 2.75) is 116 Å². The first-order valence-corrected chi connectivity index (χ1v) is 12.8. The second-order valence-electron chi connectivity index (χ2n) is 11.5. The summed E-state index contributed by atoms with van der Waals surface area (Å²) in [7, 11) is 0. The fourth-order valence-electron chi connectivity index (χ4n) is 3.63. The standard InChI is InChI=1S/C27H42F3NO8/c1-17(2)16-36-20-13-10-12-19(22(32)37-18(3)21(20)35-15-11-14-27(28,29)30)31(23(33)38-25(4,5)6)24(34)39-26(7,8)9/h11,14,18-21H,1,10,12-13,15-16H2,2-9H3. The summed E-state index contributed by atoms with van der Waals surface area (Å²) in [5.74, 6) is -0.917. The maximum atomic E-state index is 13.3. The molecule has 9 nitrogen and oxygen atoms in total. The highest BCUT2D eigenvalue weighted by molar-refractivity contribution is 5.94. The van der Waals surface area contributed by atoms with Crippen molar-refractivity contribution in [1.29, 1.82) is 0 Å². The number of hydrogen-bond acceptors (Lipinski definition) is 8. The van der Waals surface area contributed by atoms with Crippen LogP contribution in [0.1, 0.15) is 74.7 Å². The lowest BCUT2D eigenvalue weighted by Crippen LogP contribution is -2.53. The van der Waals surface area contributed by atoms with E-state index >= 15 is 0 Å². The van der Waals surface area contributed by atoms with Gasteiger partial charge in [0.1, 0.15) is 29.5 Å². The summed E-state index contributed by atoms with van der Waals surface area (Å²) < 4.78 is 65.6. The Morgan fingerprint density at radius 3 is 2.03 bits per heavy atom. The van der Waals surface area contributed by atoms with Gasteiger partial charge in [-0.1, -0.05) is 18.2 Å². The van der Waals surface area contributed by atoms with Gasteiger partial charge in [0.2, 0.25) is 0 Å². The zero-order valence-corrected chi connectivity index (χ0v) is 24.1. The number of alkyl halides is 3. The summed E-state index contributed by atoms with van der Waals surface area (Å²) in [6, 6.07) is -1.39. The van der Waals surface area contributed by atoms with Crippen molar-refractivity contribution in [3.05, 3.63) is 24.3 Å². The van der Waals surface area contributed by atoms with E-state index < -0.39 is 66.5 Å². The topological polar surface area (TPSA) is 101 Å². The smallest absolute Gasteiger partial charge is 0.420 e.